The van der Waals surface area contributed by atoms with E-state index in [9.17, 15) is 4.79 Å². The fourth-order valence-corrected chi connectivity index (χ4v) is 3.13. The van der Waals surface area contributed by atoms with Crippen molar-refractivity contribution in [3.05, 3.63) is 35.4 Å². The number of aliphatic carboxylic acids is 1. The Bertz CT molecular complexity index is 651. The quantitative estimate of drug-likeness (QED) is 0.931. The Morgan fingerprint density at radius 1 is 1.43 bits per heavy atom. The van der Waals surface area contributed by atoms with Gasteiger partial charge in [-0.05, 0) is 37.7 Å². The molecule has 21 heavy (non-hydrogen) atoms. The van der Waals surface area contributed by atoms with Crippen molar-refractivity contribution in [3.8, 4) is 5.95 Å². The number of aryl methyl sites for hydroxylation is 1. The molecule has 0 fully saturated rings. The number of rotatable bonds is 4. The lowest BCUT2D eigenvalue weighted by molar-refractivity contribution is -0.137. The van der Waals surface area contributed by atoms with E-state index in [0.717, 1.165) is 42.6 Å². The molecular weight excluding hydrogens is 268 g/mol. The summed E-state index contributed by atoms with van der Waals surface area (Å²) >= 11 is 0. The number of fused-ring (bicyclic) bond motifs is 1. The van der Waals surface area contributed by atoms with E-state index >= 15 is 0 Å². The molecule has 0 radical (unpaired) electrons. The summed E-state index contributed by atoms with van der Waals surface area (Å²) in [6, 6.07) is 1.77. The highest BCUT2D eigenvalue weighted by molar-refractivity contribution is 5.68. The Kier molecular flexibility index (Phi) is 3.68. The monoisotopic (exact) mass is 286 g/mol. The second kappa shape index (κ2) is 5.63. The molecule has 1 unspecified atom stereocenters. The third-order valence-corrected chi connectivity index (χ3v) is 3.97. The third-order valence-electron chi connectivity index (χ3n) is 3.97. The van der Waals surface area contributed by atoms with Gasteiger partial charge in [-0.15, -0.1) is 0 Å². The SMILES string of the molecule is CCc1nn(-c2ncccn2)c2c1C(CC(=O)O)CCC2. The van der Waals surface area contributed by atoms with Crippen molar-refractivity contribution in [2.24, 2.45) is 0 Å². The maximum atomic E-state index is 11.1. The molecule has 2 aromatic heterocycles. The van der Waals surface area contributed by atoms with Crippen molar-refractivity contribution in [3.63, 3.8) is 0 Å². The highest BCUT2D eigenvalue weighted by Crippen LogP contribution is 2.37. The van der Waals surface area contributed by atoms with Crippen molar-refractivity contribution in [2.45, 2.75) is 44.9 Å². The van der Waals surface area contributed by atoms with E-state index in [1.54, 1.807) is 23.1 Å². The lowest BCUT2D eigenvalue weighted by atomic mass is 9.83. The van der Waals surface area contributed by atoms with Crippen molar-refractivity contribution < 1.29 is 9.90 Å². The largest absolute Gasteiger partial charge is 0.481 e. The van der Waals surface area contributed by atoms with E-state index < -0.39 is 5.97 Å². The maximum absolute atomic E-state index is 11.1. The molecule has 1 N–H and O–H groups in total. The predicted octanol–water partition coefficient (Wildman–Crippen LogP) is 2.12. The van der Waals surface area contributed by atoms with Crippen LogP contribution in [0.2, 0.25) is 0 Å². The summed E-state index contributed by atoms with van der Waals surface area (Å²) in [4.78, 5) is 19.6. The molecule has 0 saturated heterocycles. The average molecular weight is 286 g/mol. The fourth-order valence-electron chi connectivity index (χ4n) is 3.13. The smallest absolute Gasteiger partial charge is 0.303 e. The zero-order chi connectivity index (χ0) is 14.8. The van der Waals surface area contributed by atoms with Gasteiger partial charge in [0, 0.05) is 18.0 Å². The van der Waals surface area contributed by atoms with Crippen LogP contribution >= 0.6 is 0 Å². The fraction of sp³-hybridized carbons (Fsp3) is 0.467. The molecule has 0 aliphatic heterocycles. The van der Waals surface area contributed by atoms with Crippen LogP contribution < -0.4 is 0 Å². The van der Waals surface area contributed by atoms with Crippen molar-refractivity contribution >= 4 is 5.97 Å². The molecule has 6 heteroatoms. The van der Waals surface area contributed by atoms with Crippen molar-refractivity contribution in [1.82, 2.24) is 19.7 Å². The molecule has 6 nitrogen and oxygen atoms in total. The molecule has 110 valence electrons. The third kappa shape index (κ3) is 2.53. The van der Waals surface area contributed by atoms with E-state index in [1.807, 2.05) is 6.92 Å². The van der Waals surface area contributed by atoms with Gasteiger partial charge in [-0.3, -0.25) is 4.79 Å². The van der Waals surface area contributed by atoms with Gasteiger partial charge >= 0.3 is 5.97 Å². The van der Waals surface area contributed by atoms with Crippen LogP contribution in [0.1, 0.15) is 49.1 Å². The second-order valence-corrected chi connectivity index (χ2v) is 5.31. The van der Waals surface area contributed by atoms with Gasteiger partial charge in [0.2, 0.25) is 0 Å². The molecule has 1 aliphatic rings. The molecule has 3 rings (SSSR count). The van der Waals surface area contributed by atoms with Gasteiger partial charge in [0.05, 0.1) is 17.8 Å². The van der Waals surface area contributed by atoms with Crippen LogP contribution in [0, 0.1) is 0 Å². The summed E-state index contributed by atoms with van der Waals surface area (Å²) in [5, 5.41) is 13.8. The molecule has 2 heterocycles. The molecule has 0 aromatic carbocycles. The van der Waals surface area contributed by atoms with E-state index in [1.165, 1.54) is 0 Å². The molecular formula is C15H18N4O2. The Morgan fingerprint density at radius 2 is 2.19 bits per heavy atom. The summed E-state index contributed by atoms with van der Waals surface area (Å²) in [6.07, 6.45) is 7.13. The van der Waals surface area contributed by atoms with E-state index in [0.29, 0.717) is 5.95 Å². The molecule has 2 aromatic rings. The number of carbonyl (C=O) groups is 1. The molecule has 0 saturated carbocycles. The summed E-state index contributed by atoms with van der Waals surface area (Å²) in [6.45, 7) is 2.05. The first-order valence-corrected chi connectivity index (χ1v) is 7.30. The first-order valence-electron chi connectivity index (χ1n) is 7.30. The van der Waals surface area contributed by atoms with Crippen LogP contribution in [0.15, 0.2) is 18.5 Å². The highest BCUT2D eigenvalue weighted by atomic mass is 16.4. The number of aromatic nitrogens is 4. The van der Waals surface area contributed by atoms with Gasteiger partial charge in [-0.2, -0.15) is 5.10 Å². The second-order valence-electron chi connectivity index (χ2n) is 5.31. The van der Waals surface area contributed by atoms with Gasteiger partial charge < -0.3 is 5.11 Å². The molecule has 0 bridgehead atoms. The number of hydrogen-bond acceptors (Lipinski definition) is 4. The van der Waals surface area contributed by atoms with Crippen molar-refractivity contribution in [1.29, 1.82) is 0 Å². The predicted molar refractivity (Wildman–Crippen MR) is 76.5 cm³/mol. The minimum Gasteiger partial charge on any atom is -0.481 e. The number of carboxylic acids is 1. The lowest BCUT2D eigenvalue weighted by Crippen LogP contribution is -2.16. The first kappa shape index (κ1) is 13.7. The maximum Gasteiger partial charge on any atom is 0.303 e. The van der Waals surface area contributed by atoms with Crippen LogP contribution in [-0.4, -0.2) is 30.8 Å². The first-order chi connectivity index (χ1) is 10.2. The van der Waals surface area contributed by atoms with Crippen LogP contribution in [0.25, 0.3) is 5.95 Å². The normalized spacial score (nSPS) is 17.5. The van der Waals surface area contributed by atoms with E-state index in [-0.39, 0.29) is 12.3 Å². The van der Waals surface area contributed by atoms with Crippen LogP contribution in [-0.2, 0) is 17.6 Å². The minimum atomic E-state index is -0.751. The zero-order valence-electron chi connectivity index (χ0n) is 12.0. The molecule has 0 amide bonds. The summed E-state index contributed by atoms with van der Waals surface area (Å²) in [5.74, 6) is -0.137. The van der Waals surface area contributed by atoms with Gasteiger partial charge in [0.15, 0.2) is 0 Å². The molecule has 1 aliphatic carbocycles. The summed E-state index contributed by atoms with van der Waals surface area (Å²) in [7, 11) is 0. The van der Waals surface area contributed by atoms with Gasteiger partial charge in [-0.1, -0.05) is 6.92 Å². The van der Waals surface area contributed by atoms with Gasteiger partial charge in [0.25, 0.3) is 5.95 Å². The Labute approximate surface area is 122 Å². The van der Waals surface area contributed by atoms with Gasteiger partial charge in [-0.25, -0.2) is 14.6 Å². The van der Waals surface area contributed by atoms with E-state index in [4.69, 9.17) is 5.11 Å². The lowest BCUT2D eigenvalue weighted by Gasteiger charge is -2.22. The van der Waals surface area contributed by atoms with Crippen LogP contribution in [0.3, 0.4) is 0 Å². The topological polar surface area (TPSA) is 80.9 Å². The van der Waals surface area contributed by atoms with Crippen LogP contribution in [0.4, 0.5) is 0 Å². The summed E-state index contributed by atoms with van der Waals surface area (Å²) < 4.78 is 1.79. The zero-order valence-corrected chi connectivity index (χ0v) is 12.0. The van der Waals surface area contributed by atoms with E-state index in [2.05, 4.69) is 15.1 Å². The van der Waals surface area contributed by atoms with Crippen molar-refractivity contribution in [2.75, 3.05) is 0 Å². The number of hydrogen-bond donors (Lipinski definition) is 1. The number of carboxylic acid groups (broad SMARTS) is 1. The molecule has 1 atom stereocenters. The Balaban J connectivity index is 2.09. The number of nitrogens with zero attached hydrogens (tertiary/aromatic N) is 4. The minimum absolute atomic E-state index is 0.0543. The molecule has 0 spiro atoms. The Morgan fingerprint density at radius 3 is 2.86 bits per heavy atom. The summed E-state index contributed by atoms with van der Waals surface area (Å²) in [5.41, 5.74) is 3.16. The standard InChI is InChI=1S/C15H18N4O2/c1-2-11-14-10(9-13(20)21)5-3-6-12(14)19(18-11)15-16-7-4-8-17-15/h4,7-8,10H,2-3,5-6,9H2,1H3,(H,20,21). The highest BCUT2D eigenvalue weighted by Gasteiger charge is 2.30. The van der Waals surface area contributed by atoms with Crippen LogP contribution in [0.5, 0.6) is 0 Å². The Hall–Kier alpha value is -2.24. The average Bonchev–Trinajstić information content (AvgIpc) is 2.87. The van der Waals surface area contributed by atoms with Gasteiger partial charge in [0.1, 0.15) is 0 Å².